The number of hydrogen-bond acceptors (Lipinski definition) is 3. The van der Waals surface area contributed by atoms with Crippen molar-refractivity contribution >= 4 is 12.1 Å². The molecule has 0 aliphatic heterocycles. The molecule has 5 heteroatoms. The van der Waals surface area contributed by atoms with Crippen LogP contribution in [0.3, 0.4) is 0 Å². The predicted molar refractivity (Wildman–Crippen MR) is 81.1 cm³/mol. The molecule has 1 aliphatic rings. The van der Waals surface area contributed by atoms with Crippen molar-refractivity contribution in [3.05, 3.63) is 0 Å². The molecule has 2 N–H and O–H groups in total. The number of amides is 1. The van der Waals surface area contributed by atoms with Crippen molar-refractivity contribution in [3.8, 4) is 0 Å². The molecular weight excluding hydrogens is 270 g/mol. The smallest absolute Gasteiger partial charge is 0.408 e. The minimum atomic E-state index is -1.00. The van der Waals surface area contributed by atoms with Gasteiger partial charge in [-0.05, 0) is 39.0 Å². The Bertz CT molecular complexity index is 411. The van der Waals surface area contributed by atoms with Crippen LogP contribution in [0.15, 0.2) is 0 Å². The lowest BCUT2D eigenvalue weighted by Gasteiger charge is -2.51. The summed E-state index contributed by atoms with van der Waals surface area (Å²) in [5.74, 6) is -1.00. The van der Waals surface area contributed by atoms with Crippen LogP contribution in [0.25, 0.3) is 0 Å². The average molecular weight is 299 g/mol. The van der Waals surface area contributed by atoms with Crippen molar-refractivity contribution in [2.45, 2.75) is 78.9 Å². The Labute approximate surface area is 127 Å². The van der Waals surface area contributed by atoms with Crippen molar-refractivity contribution < 1.29 is 19.4 Å². The third-order valence-corrected chi connectivity index (χ3v) is 4.84. The summed E-state index contributed by atoms with van der Waals surface area (Å²) >= 11 is 0. The summed E-state index contributed by atoms with van der Waals surface area (Å²) in [6.45, 7) is 11.4. The molecule has 1 fully saturated rings. The highest BCUT2D eigenvalue weighted by atomic mass is 16.6. The SMILES string of the molecule is CC(C)(C)OC(=O)NC(C(=O)O)C1(C)CCCCC1(C)C. The van der Waals surface area contributed by atoms with Gasteiger partial charge >= 0.3 is 12.1 Å². The van der Waals surface area contributed by atoms with Crippen LogP contribution >= 0.6 is 0 Å². The Kier molecular flexibility index (Phi) is 4.96. The van der Waals surface area contributed by atoms with E-state index in [9.17, 15) is 14.7 Å². The first-order chi connectivity index (χ1) is 9.39. The Balaban J connectivity index is 2.96. The van der Waals surface area contributed by atoms with Crippen LogP contribution in [-0.4, -0.2) is 28.8 Å². The van der Waals surface area contributed by atoms with Gasteiger partial charge in [-0.1, -0.05) is 33.6 Å². The maximum atomic E-state index is 12.0. The molecule has 2 unspecified atom stereocenters. The summed E-state index contributed by atoms with van der Waals surface area (Å²) in [7, 11) is 0. The lowest BCUT2D eigenvalue weighted by Crippen LogP contribution is -2.58. The molecule has 0 aromatic heterocycles. The van der Waals surface area contributed by atoms with Gasteiger partial charge in [-0.3, -0.25) is 0 Å². The number of carboxylic acids is 1. The summed E-state index contributed by atoms with van der Waals surface area (Å²) in [5.41, 5.74) is -1.28. The highest BCUT2D eigenvalue weighted by molar-refractivity contribution is 5.81. The monoisotopic (exact) mass is 299 g/mol. The van der Waals surface area contributed by atoms with Gasteiger partial charge < -0.3 is 15.2 Å². The van der Waals surface area contributed by atoms with E-state index in [1.807, 2.05) is 6.92 Å². The Hall–Kier alpha value is -1.26. The molecular formula is C16H29NO4. The van der Waals surface area contributed by atoms with Gasteiger partial charge in [0.25, 0.3) is 0 Å². The van der Waals surface area contributed by atoms with E-state index in [0.29, 0.717) is 0 Å². The van der Waals surface area contributed by atoms with Gasteiger partial charge in [0.15, 0.2) is 0 Å². The molecule has 0 aromatic rings. The minimum Gasteiger partial charge on any atom is -0.480 e. The Morgan fingerprint density at radius 1 is 1.14 bits per heavy atom. The van der Waals surface area contributed by atoms with Gasteiger partial charge in [0.2, 0.25) is 0 Å². The molecule has 1 rings (SSSR count). The second-order valence-corrected chi connectivity index (χ2v) is 7.93. The number of nitrogens with one attached hydrogen (secondary N) is 1. The van der Waals surface area contributed by atoms with E-state index in [0.717, 1.165) is 25.7 Å². The van der Waals surface area contributed by atoms with E-state index in [-0.39, 0.29) is 5.41 Å². The molecule has 5 nitrogen and oxygen atoms in total. The number of ether oxygens (including phenoxy) is 1. The molecule has 1 amide bonds. The standard InChI is InChI=1S/C16H29NO4/c1-14(2,3)21-13(20)17-11(12(18)19)16(6)10-8-7-9-15(16,4)5/h11H,7-10H2,1-6H3,(H,17,20)(H,18,19). The van der Waals surface area contributed by atoms with Crippen LogP contribution in [0.1, 0.15) is 67.2 Å². The van der Waals surface area contributed by atoms with Gasteiger partial charge in [-0.25, -0.2) is 9.59 Å². The zero-order chi connectivity index (χ0) is 16.5. The molecule has 1 aliphatic carbocycles. The Morgan fingerprint density at radius 2 is 1.67 bits per heavy atom. The van der Waals surface area contributed by atoms with Crippen LogP contribution < -0.4 is 5.32 Å². The quantitative estimate of drug-likeness (QED) is 0.835. The molecule has 1 saturated carbocycles. The molecule has 0 saturated heterocycles. The first-order valence-corrected chi connectivity index (χ1v) is 7.61. The van der Waals surface area contributed by atoms with E-state index in [1.165, 1.54) is 0 Å². The molecule has 0 heterocycles. The highest BCUT2D eigenvalue weighted by Crippen LogP contribution is 2.52. The normalized spacial score (nSPS) is 26.8. The zero-order valence-electron chi connectivity index (χ0n) is 14.1. The van der Waals surface area contributed by atoms with Gasteiger partial charge in [-0.15, -0.1) is 0 Å². The molecule has 0 aromatic carbocycles. The number of rotatable bonds is 3. The van der Waals surface area contributed by atoms with E-state index in [2.05, 4.69) is 19.2 Å². The second kappa shape index (κ2) is 5.85. The maximum Gasteiger partial charge on any atom is 0.408 e. The van der Waals surface area contributed by atoms with Crippen molar-refractivity contribution in [1.82, 2.24) is 5.32 Å². The van der Waals surface area contributed by atoms with E-state index in [4.69, 9.17) is 4.74 Å². The summed E-state index contributed by atoms with van der Waals surface area (Å²) < 4.78 is 5.21. The molecule has 122 valence electrons. The highest BCUT2D eigenvalue weighted by Gasteiger charge is 2.51. The largest absolute Gasteiger partial charge is 0.480 e. The fourth-order valence-corrected chi connectivity index (χ4v) is 3.14. The van der Waals surface area contributed by atoms with Crippen LogP contribution in [0.4, 0.5) is 4.79 Å². The van der Waals surface area contributed by atoms with Crippen LogP contribution in [0.2, 0.25) is 0 Å². The van der Waals surface area contributed by atoms with E-state index in [1.54, 1.807) is 20.8 Å². The summed E-state index contributed by atoms with van der Waals surface area (Å²) in [6, 6.07) is -0.942. The van der Waals surface area contributed by atoms with Gasteiger partial charge in [0.1, 0.15) is 11.6 Å². The van der Waals surface area contributed by atoms with Crippen molar-refractivity contribution in [2.24, 2.45) is 10.8 Å². The van der Waals surface area contributed by atoms with Crippen molar-refractivity contribution in [1.29, 1.82) is 0 Å². The van der Waals surface area contributed by atoms with Gasteiger partial charge in [0.05, 0.1) is 0 Å². The van der Waals surface area contributed by atoms with Gasteiger partial charge in [-0.2, -0.15) is 0 Å². The second-order valence-electron chi connectivity index (χ2n) is 7.93. The number of carbonyl (C=O) groups is 2. The topological polar surface area (TPSA) is 75.6 Å². The Morgan fingerprint density at radius 3 is 2.10 bits per heavy atom. The number of alkyl carbamates (subject to hydrolysis) is 1. The summed E-state index contributed by atoms with van der Waals surface area (Å²) in [6.07, 6.45) is 3.16. The van der Waals surface area contributed by atoms with Crippen molar-refractivity contribution in [2.75, 3.05) is 0 Å². The fourth-order valence-electron chi connectivity index (χ4n) is 3.14. The summed E-state index contributed by atoms with van der Waals surface area (Å²) in [5, 5.41) is 12.2. The number of hydrogen-bond donors (Lipinski definition) is 2. The third-order valence-electron chi connectivity index (χ3n) is 4.84. The maximum absolute atomic E-state index is 12.0. The lowest BCUT2D eigenvalue weighted by molar-refractivity contribution is -0.148. The van der Waals surface area contributed by atoms with Crippen LogP contribution in [0, 0.1) is 10.8 Å². The number of aliphatic carboxylic acids is 1. The van der Waals surface area contributed by atoms with Crippen LogP contribution in [-0.2, 0) is 9.53 Å². The first-order valence-electron chi connectivity index (χ1n) is 7.61. The lowest BCUT2D eigenvalue weighted by atomic mass is 9.55. The van der Waals surface area contributed by atoms with E-state index < -0.39 is 29.1 Å². The molecule has 0 radical (unpaired) electrons. The fraction of sp³-hybridized carbons (Fsp3) is 0.875. The molecule has 21 heavy (non-hydrogen) atoms. The molecule has 2 atom stereocenters. The summed E-state index contributed by atoms with van der Waals surface area (Å²) in [4.78, 5) is 23.7. The van der Waals surface area contributed by atoms with Crippen LogP contribution in [0.5, 0.6) is 0 Å². The number of carbonyl (C=O) groups excluding carboxylic acids is 1. The van der Waals surface area contributed by atoms with Gasteiger partial charge in [0, 0.05) is 5.41 Å². The molecule has 0 bridgehead atoms. The average Bonchev–Trinajstić information content (AvgIpc) is 2.27. The van der Waals surface area contributed by atoms with Crippen molar-refractivity contribution in [3.63, 3.8) is 0 Å². The zero-order valence-corrected chi connectivity index (χ0v) is 14.1. The number of carboxylic acid groups (broad SMARTS) is 1. The first kappa shape index (κ1) is 17.8. The van der Waals surface area contributed by atoms with E-state index >= 15 is 0 Å². The minimum absolute atomic E-state index is 0.149. The third kappa shape index (κ3) is 4.11. The molecule has 0 spiro atoms. The predicted octanol–water partition coefficient (Wildman–Crippen LogP) is 3.57.